The van der Waals surface area contributed by atoms with Crippen LogP contribution in [0.1, 0.15) is 16.7 Å². The van der Waals surface area contributed by atoms with Gasteiger partial charge in [-0.25, -0.2) is 0 Å². The second kappa shape index (κ2) is 8.53. The first-order chi connectivity index (χ1) is 14.1. The van der Waals surface area contributed by atoms with E-state index in [1.54, 1.807) is 0 Å². The van der Waals surface area contributed by atoms with Crippen molar-refractivity contribution >= 4 is 28.6 Å². The van der Waals surface area contributed by atoms with E-state index in [0.717, 1.165) is 28.6 Å². The molecule has 0 saturated heterocycles. The molecule has 0 fully saturated rings. The minimum Gasteiger partial charge on any atom is -0.411 e. The minimum absolute atomic E-state index is 0.0546. The molecule has 2 aromatic carbocycles. The molecule has 0 atom stereocenters. The number of rotatable bonds is 7. The Kier molecular flexibility index (Phi) is 5.67. The third-order valence-electron chi connectivity index (χ3n) is 4.59. The summed E-state index contributed by atoms with van der Waals surface area (Å²) in [7, 11) is 0. The Morgan fingerprint density at radius 2 is 1.93 bits per heavy atom. The van der Waals surface area contributed by atoms with E-state index in [1.807, 2.05) is 50.4 Å². The number of aromatic nitrogens is 3. The van der Waals surface area contributed by atoms with Gasteiger partial charge in [0.05, 0.1) is 5.75 Å². The molecule has 2 aromatic heterocycles. The normalized spacial score (nSPS) is 11.1. The van der Waals surface area contributed by atoms with Crippen molar-refractivity contribution in [2.24, 2.45) is 0 Å². The van der Waals surface area contributed by atoms with Crippen molar-refractivity contribution in [3.63, 3.8) is 0 Å². The summed E-state index contributed by atoms with van der Waals surface area (Å²) in [5.74, 6) is 0.655. The number of H-pyrrole nitrogens is 1. The molecule has 0 aliphatic carbocycles. The molecule has 0 unspecified atom stereocenters. The van der Waals surface area contributed by atoms with Gasteiger partial charge < -0.3 is 14.7 Å². The molecule has 7 heteroatoms. The van der Waals surface area contributed by atoms with E-state index in [0.29, 0.717) is 17.7 Å². The number of hydrogen-bond acceptors (Lipinski definition) is 5. The maximum Gasteiger partial charge on any atom is 0.277 e. The fourth-order valence-corrected chi connectivity index (χ4v) is 3.93. The zero-order valence-electron chi connectivity index (χ0n) is 16.4. The van der Waals surface area contributed by atoms with E-state index >= 15 is 0 Å². The number of hydrogen-bond donors (Lipinski definition) is 2. The van der Waals surface area contributed by atoms with Crippen LogP contribution in [0.4, 0.5) is 0 Å². The van der Waals surface area contributed by atoms with Gasteiger partial charge in [0.15, 0.2) is 0 Å². The summed E-state index contributed by atoms with van der Waals surface area (Å²) in [4.78, 5) is 15.4. The number of carbonyl (C=O) groups is 1. The van der Waals surface area contributed by atoms with Gasteiger partial charge in [-0.3, -0.25) is 4.79 Å². The number of para-hydroxylation sites is 1. The number of thioether (sulfide) groups is 1. The van der Waals surface area contributed by atoms with Crippen LogP contribution >= 0.6 is 11.8 Å². The fourth-order valence-electron chi connectivity index (χ4n) is 3.34. The Morgan fingerprint density at radius 3 is 2.76 bits per heavy atom. The highest BCUT2D eigenvalue weighted by molar-refractivity contribution is 7.99. The summed E-state index contributed by atoms with van der Waals surface area (Å²) >= 11 is 1.24. The zero-order chi connectivity index (χ0) is 20.2. The quantitative estimate of drug-likeness (QED) is 0.448. The predicted octanol–water partition coefficient (Wildman–Crippen LogP) is 4.29. The highest BCUT2D eigenvalue weighted by atomic mass is 32.2. The van der Waals surface area contributed by atoms with Gasteiger partial charge in [-0.1, -0.05) is 47.2 Å². The summed E-state index contributed by atoms with van der Waals surface area (Å²) in [6.07, 6.45) is 2.77. The van der Waals surface area contributed by atoms with Gasteiger partial charge in [-0.05, 0) is 44.0 Å². The molecule has 0 saturated carbocycles. The molecule has 0 spiro atoms. The van der Waals surface area contributed by atoms with Gasteiger partial charge in [0.1, 0.15) is 0 Å². The maximum atomic E-state index is 12.1. The first-order valence-corrected chi connectivity index (χ1v) is 10.4. The number of nitrogens with zero attached hydrogens (tertiary/aromatic N) is 2. The fraction of sp³-hybridized carbons (Fsp3) is 0.227. The number of fused-ring (bicyclic) bond motifs is 1. The van der Waals surface area contributed by atoms with Crippen LogP contribution in [-0.2, 0) is 11.2 Å². The molecule has 0 radical (unpaired) electrons. The SMILES string of the molecule is Cc1cc(C)cc(-c2nnc(SCC(=O)NCCc3c[nH]c4ccccc34)o2)c1. The minimum atomic E-state index is -0.0546. The molecular formula is C22H22N4O2S. The molecule has 4 aromatic rings. The summed E-state index contributed by atoms with van der Waals surface area (Å²) in [6, 6.07) is 14.3. The van der Waals surface area contributed by atoms with Crippen LogP contribution in [0, 0.1) is 13.8 Å². The Bertz CT molecular complexity index is 1130. The smallest absolute Gasteiger partial charge is 0.277 e. The van der Waals surface area contributed by atoms with Gasteiger partial charge in [0.2, 0.25) is 11.8 Å². The van der Waals surface area contributed by atoms with E-state index in [9.17, 15) is 4.79 Å². The highest BCUT2D eigenvalue weighted by Crippen LogP contribution is 2.24. The summed E-state index contributed by atoms with van der Waals surface area (Å²) < 4.78 is 5.70. The molecule has 6 nitrogen and oxygen atoms in total. The highest BCUT2D eigenvalue weighted by Gasteiger charge is 2.12. The number of amides is 1. The van der Waals surface area contributed by atoms with Crippen molar-refractivity contribution in [2.45, 2.75) is 25.5 Å². The number of aromatic amines is 1. The van der Waals surface area contributed by atoms with Crippen LogP contribution in [0.2, 0.25) is 0 Å². The molecule has 0 aliphatic rings. The molecule has 148 valence electrons. The van der Waals surface area contributed by atoms with Gasteiger partial charge in [-0.2, -0.15) is 0 Å². The molecule has 0 bridgehead atoms. The topological polar surface area (TPSA) is 83.8 Å². The summed E-state index contributed by atoms with van der Waals surface area (Å²) in [6.45, 7) is 4.64. The second-order valence-corrected chi connectivity index (χ2v) is 7.92. The second-order valence-electron chi connectivity index (χ2n) is 7.00. The van der Waals surface area contributed by atoms with E-state index in [2.05, 4.69) is 32.6 Å². The van der Waals surface area contributed by atoms with E-state index < -0.39 is 0 Å². The van der Waals surface area contributed by atoms with Gasteiger partial charge in [0, 0.05) is 29.2 Å². The van der Waals surface area contributed by atoms with Crippen molar-refractivity contribution in [3.8, 4) is 11.5 Å². The van der Waals surface area contributed by atoms with E-state index in [-0.39, 0.29) is 11.7 Å². The van der Waals surface area contributed by atoms with Crippen LogP contribution in [0.3, 0.4) is 0 Å². The number of carbonyl (C=O) groups excluding carboxylic acids is 1. The Hall–Kier alpha value is -3.06. The van der Waals surface area contributed by atoms with E-state index in [4.69, 9.17) is 4.42 Å². The van der Waals surface area contributed by atoms with Crippen LogP contribution in [-0.4, -0.2) is 33.4 Å². The molecule has 2 heterocycles. The van der Waals surface area contributed by atoms with Crippen molar-refractivity contribution < 1.29 is 9.21 Å². The Morgan fingerprint density at radius 1 is 1.14 bits per heavy atom. The van der Waals surface area contributed by atoms with Crippen LogP contribution in [0.15, 0.2) is 58.3 Å². The lowest BCUT2D eigenvalue weighted by molar-refractivity contribution is -0.118. The van der Waals surface area contributed by atoms with Crippen molar-refractivity contribution in [2.75, 3.05) is 12.3 Å². The standard InChI is InChI=1S/C22H22N4O2S/c1-14-9-15(2)11-17(10-14)21-25-26-22(28-21)29-13-20(27)23-8-7-16-12-24-19-6-4-3-5-18(16)19/h3-6,9-12,24H,7-8,13H2,1-2H3,(H,23,27). The molecule has 2 N–H and O–H groups in total. The predicted molar refractivity (Wildman–Crippen MR) is 115 cm³/mol. The average molecular weight is 407 g/mol. The van der Waals surface area contributed by atoms with Crippen LogP contribution in [0.5, 0.6) is 0 Å². The number of benzene rings is 2. The number of nitrogens with one attached hydrogen (secondary N) is 2. The summed E-state index contributed by atoms with van der Waals surface area (Å²) in [5.41, 5.74) is 5.48. The van der Waals surface area contributed by atoms with Gasteiger partial charge in [0.25, 0.3) is 5.22 Å². The lowest BCUT2D eigenvalue weighted by atomic mass is 10.1. The lowest BCUT2D eigenvalue weighted by Crippen LogP contribution is -2.27. The largest absolute Gasteiger partial charge is 0.411 e. The Balaban J connectivity index is 1.27. The first-order valence-electron chi connectivity index (χ1n) is 9.45. The third-order valence-corrected chi connectivity index (χ3v) is 5.41. The third kappa shape index (κ3) is 4.68. The van der Waals surface area contributed by atoms with Crippen molar-refractivity contribution in [1.29, 1.82) is 0 Å². The summed E-state index contributed by atoms with van der Waals surface area (Å²) in [5, 5.41) is 12.7. The molecule has 4 rings (SSSR count). The van der Waals surface area contributed by atoms with Gasteiger partial charge in [-0.15, -0.1) is 10.2 Å². The molecular weight excluding hydrogens is 384 g/mol. The average Bonchev–Trinajstić information content (AvgIpc) is 3.33. The van der Waals surface area contributed by atoms with E-state index in [1.165, 1.54) is 22.7 Å². The number of aryl methyl sites for hydroxylation is 2. The molecule has 1 amide bonds. The Labute approximate surface area is 173 Å². The lowest BCUT2D eigenvalue weighted by Gasteiger charge is -2.03. The van der Waals surface area contributed by atoms with Gasteiger partial charge >= 0.3 is 0 Å². The molecule has 0 aliphatic heterocycles. The van der Waals surface area contributed by atoms with Crippen LogP contribution < -0.4 is 5.32 Å². The first kappa shape index (κ1) is 19.3. The monoisotopic (exact) mass is 406 g/mol. The van der Waals surface area contributed by atoms with Crippen molar-refractivity contribution in [3.05, 3.63) is 65.4 Å². The maximum absolute atomic E-state index is 12.1. The molecule has 29 heavy (non-hydrogen) atoms. The van der Waals surface area contributed by atoms with Crippen LogP contribution in [0.25, 0.3) is 22.4 Å². The zero-order valence-corrected chi connectivity index (χ0v) is 17.2. The van der Waals surface area contributed by atoms with Crippen molar-refractivity contribution in [1.82, 2.24) is 20.5 Å².